The van der Waals surface area contributed by atoms with Gasteiger partial charge in [-0.1, -0.05) is 0 Å². The zero-order valence-corrected chi connectivity index (χ0v) is 11.7. The van der Waals surface area contributed by atoms with E-state index in [1.54, 1.807) is 24.3 Å². The number of carbonyl (C=O) groups is 2. The largest absolute Gasteiger partial charge is 0.352 e. The predicted molar refractivity (Wildman–Crippen MR) is 77.8 cm³/mol. The van der Waals surface area contributed by atoms with E-state index in [-0.39, 0.29) is 11.8 Å². The molecule has 2 amide bonds. The summed E-state index contributed by atoms with van der Waals surface area (Å²) in [6, 6.07) is 6.75. The van der Waals surface area contributed by atoms with E-state index in [9.17, 15) is 9.59 Å². The second-order valence-electron chi connectivity index (χ2n) is 4.55. The number of nitrogens with one attached hydrogen (secondary N) is 3. The summed E-state index contributed by atoms with van der Waals surface area (Å²) in [5.41, 5.74) is 1.23. The molecule has 0 atom stereocenters. The Hall–Kier alpha value is -2.70. The lowest BCUT2D eigenvalue weighted by Crippen LogP contribution is -2.24. The molecule has 110 valence electrons. The number of aromatic amines is 1. The Labute approximate surface area is 122 Å². The highest BCUT2D eigenvalue weighted by atomic mass is 16.2. The van der Waals surface area contributed by atoms with Gasteiger partial charge >= 0.3 is 0 Å². The monoisotopic (exact) mass is 287 g/mol. The van der Waals surface area contributed by atoms with Crippen molar-refractivity contribution in [2.75, 3.05) is 11.9 Å². The number of amides is 2. The molecule has 0 radical (unpaired) electrons. The first kappa shape index (κ1) is 14.7. The molecule has 0 aliphatic carbocycles. The lowest BCUT2D eigenvalue weighted by atomic mass is 10.2. The number of rotatable bonds is 6. The first-order valence-corrected chi connectivity index (χ1v) is 6.65. The van der Waals surface area contributed by atoms with Crippen LogP contribution < -0.4 is 10.6 Å². The number of H-pyrrole nitrogens is 1. The minimum atomic E-state index is -0.139. The zero-order valence-electron chi connectivity index (χ0n) is 11.7. The standard InChI is InChI=1S/C14H17N5O2/c1-10(20)18-12-6-4-11(5-7-12)14(21)15-8-2-3-13-16-9-17-19-13/h4-7,9H,2-3,8H2,1H3,(H,15,21)(H,18,20)(H,16,17,19). The fourth-order valence-electron chi connectivity index (χ4n) is 1.82. The van der Waals surface area contributed by atoms with Gasteiger partial charge in [-0.3, -0.25) is 14.7 Å². The van der Waals surface area contributed by atoms with Gasteiger partial charge in [-0.05, 0) is 30.7 Å². The third-order valence-electron chi connectivity index (χ3n) is 2.81. The first-order chi connectivity index (χ1) is 10.1. The minimum absolute atomic E-state index is 0.137. The Morgan fingerprint density at radius 2 is 2.00 bits per heavy atom. The summed E-state index contributed by atoms with van der Waals surface area (Å²) in [5.74, 6) is 0.533. The van der Waals surface area contributed by atoms with E-state index in [2.05, 4.69) is 25.8 Å². The van der Waals surface area contributed by atoms with Crippen LogP contribution in [0.15, 0.2) is 30.6 Å². The van der Waals surface area contributed by atoms with Crippen molar-refractivity contribution in [2.45, 2.75) is 19.8 Å². The molecule has 2 rings (SSSR count). The third-order valence-corrected chi connectivity index (χ3v) is 2.81. The van der Waals surface area contributed by atoms with Crippen LogP contribution in [0.3, 0.4) is 0 Å². The molecule has 0 saturated heterocycles. The zero-order chi connectivity index (χ0) is 15.1. The number of hydrogen-bond acceptors (Lipinski definition) is 4. The van der Waals surface area contributed by atoms with Gasteiger partial charge in [0.25, 0.3) is 5.91 Å². The van der Waals surface area contributed by atoms with Gasteiger partial charge in [-0.2, -0.15) is 5.10 Å². The van der Waals surface area contributed by atoms with Gasteiger partial charge in [-0.15, -0.1) is 0 Å². The molecule has 0 aliphatic heterocycles. The lowest BCUT2D eigenvalue weighted by Gasteiger charge is -2.06. The van der Waals surface area contributed by atoms with Crippen molar-refractivity contribution in [1.29, 1.82) is 0 Å². The maximum absolute atomic E-state index is 11.9. The van der Waals surface area contributed by atoms with Gasteiger partial charge in [0.05, 0.1) is 0 Å². The van der Waals surface area contributed by atoms with Crippen LogP contribution in [0.4, 0.5) is 5.69 Å². The van der Waals surface area contributed by atoms with Gasteiger partial charge in [0.1, 0.15) is 12.2 Å². The summed E-state index contributed by atoms with van der Waals surface area (Å²) in [6.45, 7) is 2.00. The maximum atomic E-state index is 11.9. The number of aryl methyl sites for hydroxylation is 1. The fourth-order valence-corrected chi connectivity index (χ4v) is 1.82. The van der Waals surface area contributed by atoms with Crippen molar-refractivity contribution < 1.29 is 9.59 Å². The molecule has 0 saturated carbocycles. The van der Waals surface area contributed by atoms with E-state index in [1.807, 2.05) is 0 Å². The highest BCUT2D eigenvalue weighted by molar-refractivity contribution is 5.95. The molecule has 7 heteroatoms. The maximum Gasteiger partial charge on any atom is 0.251 e. The molecule has 1 aromatic carbocycles. The Morgan fingerprint density at radius 1 is 1.24 bits per heavy atom. The average Bonchev–Trinajstić information content (AvgIpc) is 2.97. The van der Waals surface area contributed by atoms with Crippen LogP contribution in [0.5, 0.6) is 0 Å². The molecule has 1 heterocycles. The molecule has 3 N–H and O–H groups in total. The Kier molecular flexibility index (Phi) is 5.03. The number of hydrogen-bond donors (Lipinski definition) is 3. The van der Waals surface area contributed by atoms with Gasteiger partial charge in [0, 0.05) is 31.1 Å². The van der Waals surface area contributed by atoms with Gasteiger partial charge in [-0.25, -0.2) is 4.98 Å². The third kappa shape index (κ3) is 4.72. The number of aromatic nitrogens is 3. The molecule has 2 aromatic rings. The number of anilines is 1. The van der Waals surface area contributed by atoms with Crippen LogP contribution in [0, 0.1) is 0 Å². The molecule has 7 nitrogen and oxygen atoms in total. The van der Waals surface area contributed by atoms with Gasteiger partial charge in [0.15, 0.2) is 0 Å². The second-order valence-corrected chi connectivity index (χ2v) is 4.55. The van der Waals surface area contributed by atoms with E-state index in [0.717, 1.165) is 18.7 Å². The van der Waals surface area contributed by atoms with Crippen LogP contribution in [-0.4, -0.2) is 33.5 Å². The molecule has 0 bridgehead atoms. The first-order valence-electron chi connectivity index (χ1n) is 6.65. The summed E-state index contributed by atoms with van der Waals surface area (Å²) in [4.78, 5) is 26.8. The molecule has 0 aliphatic rings. The van der Waals surface area contributed by atoms with Crippen LogP contribution >= 0.6 is 0 Å². The molecule has 0 spiro atoms. The van der Waals surface area contributed by atoms with Crippen LogP contribution in [-0.2, 0) is 11.2 Å². The highest BCUT2D eigenvalue weighted by Crippen LogP contribution is 2.09. The summed E-state index contributed by atoms with van der Waals surface area (Å²) >= 11 is 0. The molecule has 0 unspecified atom stereocenters. The Bertz CT molecular complexity index is 592. The van der Waals surface area contributed by atoms with E-state index in [0.29, 0.717) is 17.8 Å². The van der Waals surface area contributed by atoms with Gasteiger partial charge < -0.3 is 10.6 Å². The Balaban J connectivity index is 1.76. The van der Waals surface area contributed by atoms with Crippen LogP contribution in [0.1, 0.15) is 29.5 Å². The smallest absolute Gasteiger partial charge is 0.251 e. The highest BCUT2D eigenvalue weighted by Gasteiger charge is 2.05. The molecule has 21 heavy (non-hydrogen) atoms. The summed E-state index contributed by atoms with van der Waals surface area (Å²) in [7, 11) is 0. The van der Waals surface area contributed by atoms with Crippen molar-refractivity contribution in [2.24, 2.45) is 0 Å². The van der Waals surface area contributed by atoms with Crippen molar-refractivity contribution in [3.8, 4) is 0 Å². The number of benzene rings is 1. The number of nitrogens with zero attached hydrogens (tertiary/aromatic N) is 2. The van der Waals surface area contributed by atoms with Crippen LogP contribution in [0.25, 0.3) is 0 Å². The quantitative estimate of drug-likeness (QED) is 0.693. The van der Waals surface area contributed by atoms with Crippen molar-refractivity contribution >= 4 is 17.5 Å². The van der Waals surface area contributed by atoms with Crippen LogP contribution in [0.2, 0.25) is 0 Å². The topological polar surface area (TPSA) is 99.8 Å². The SMILES string of the molecule is CC(=O)Nc1ccc(C(=O)NCCCc2ncn[nH]2)cc1. The predicted octanol–water partition coefficient (Wildman–Crippen LogP) is 1.13. The minimum Gasteiger partial charge on any atom is -0.352 e. The fraction of sp³-hybridized carbons (Fsp3) is 0.286. The Morgan fingerprint density at radius 3 is 2.62 bits per heavy atom. The van der Waals surface area contributed by atoms with Gasteiger partial charge in [0.2, 0.25) is 5.91 Å². The summed E-state index contributed by atoms with van der Waals surface area (Å²) < 4.78 is 0. The van der Waals surface area contributed by atoms with E-state index in [1.165, 1.54) is 13.3 Å². The normalized spacial score (nSPS) is 10.1. The van der Waals surface area contributed by atoms with Crippen molar-refractivity contribution in [3.63, 3.8) is 0 Å². The second kappa shape index (κ2) is 7.18. The molecular formula is C14H17N5O2. The van der Waals surface area contributed by atoms with E-state index >= 15 is 0 Å². The summed E-state index contributed by atoms with van der Waals surface area (Å²) in [5, 5.41) is 12.0. The number of carbonyl (C=O) groups excluding carboxylic acids is 2. The van der Waals surface area contributed by atoms with Crippen molar-refractivity contribution in [3.05, 3.63) is 42.0 Å². The summed E-state index contributed by atoms with van der Waals surface area (Å²) in [6.07, 6.45) is 2.98. The van der Waals surface area contributed by atoms with Crippen molar-refractivity contribution in [1.82, 2.24) is 20.5 Å². The lowest BCUT2D eigenvalue weighted by molar-refractivity contribution is -0.114. The van der Waals surface area contributed by atoms with E-state index in [4.69, 9.17) is 0 Å². The molecule has 0 fully saturated rings. The molecule has 1 aromatic heterocycles. The molecular weight excluding hydrogens is 270 g/mol. The average molecular weight is 287 g/mol. The van der Waals surface area contributed by atoms with E-state index < -0.39 is 0 Å².